The lowest BCUT2D eigenvalue weighted by molar-refractivity contribution is -0.116. The van der Waals surface area contributed by atoms with Gasteiger partial charge in [-0.2, -0.15) is 10.4 Å². The fourth-order valence-corrected chi connectivity index (χ4v) is 3.24. The number of hydrogen-bond donors (Lipinski definition) is 1. The van der Waals surface area contributed by atoms with Gasteiger partial charge in [0.25, 0.3) is 0 Å². The molecule has 0 radical (unpaired) electrons. The maximum Gasteiger partial charge on any atom is 0.243 e. The first-order valence-electron chi connectivity index (χ1n) is 10.1. The predicted octanol–water partition coefficient (Wildman–Crippen LogP) is 3.87. The predicted molar refractivity (Wildman–Crippen MR) is 121 cm³/mol. The number of carbonyl (C=O) groups is 1. The Morgan fingerprint density at radius 2 is 1.94 bits per heavy atom. The number of nitriles is 1. The van der Waals surface area contributed by atoms with E-state index >= 15 is 0 Å². The standard InChI is InChI=1S/C25H19FN6O/c1-2-25(33)30-15-19-14-29-24(18-4-6-20(26)7-5-18)11-22(19)23-9-10-32(31-23)16-21-8-3-17(12-27)13-28-21/h2-11,13-14H,1,15-16H2,(H,30,33). The van der Waals surface area contributed by atoms with Crippen LogP contribution in [0.25, 0.3) is 22.5 Å². The first-order valence-corrected chi connectivity index (χ1v) is 10.1. The number of pyridine rings is 2. The molecule has 4 aromatic rings. The second-order valence-electron chi connectivity index (χ2n) is 7.20. The minimum Gasteiger partial charge on any atom is -0.348 e. The van der Waals surface area contributed by atoms with Gasteiger partial charge in [0.2, 0.25) is 5.91 Å². The normalized spacial score (nSPS) is 10.4. The van der Waals surface area contributed by atoms with Crippen LogP contribution in [0.5, 0.6) is 0 Å². The van der Waals surface area contributed by atoms with E-state index in [1.807, 2.05) is 24.4 Å². The van der Waals surface area contributed by atoms with Crippen molar-refractivity contribution in [3.8, 4) is 28.6 Å². The molecule has 4 rings (SSSR count). The molecule has 0 atom stereocenters. The van der Waals surface area contributed by atoms with Crippen molar-refractivity contribution in [3.63, 3.8) is 0 Å². The Morgan fingerprint density at radius 1 is 1.12 bits per heavy atom. The highest BCUT2D eigenvalue weighted by atomic mass is 19.1. The van der Waals surface area contributed by atoms with Crippen LogP contribution in [-0.4, -0.2) is 25.7 Å². The van der Waals surface area contributed by atoms with Gasteiger partial charge in [0, 0.05) is 36.3 Å². The van der Waals surface area contributed by atoms with Gasteiger partial charge in [-0.3, -0.25) is 19.4 Å². The van der Waals surface area contributed by atoms with Gasteiger partial charge in [-0.15, -0.1) is 0 Å². The highest BCUT2D eigenvalue weighted by Gasteiger charge is 2.13. The van der Waals surface area contributed by atoms with E-state index in [1.54, 1.807) is 35.1 Å². The van der Waals surface area contributed by atoms with Crippen LogP contribution >= 0.6 is 0 Å². The summed E-state index contributed by atoms with van der Waals surface area (Å²) in [4.78, 5) is 20.4. The topological polar surface area (TPSA) is 96.5 Å². The maximum atomic E-state index is 13.3. The molecule has 1 amide bonds. The molecule has 0 bridgehead atoms. The number of halogens is 1. The third-order valence-electron chi connectivity index (χ3n) is 4.96. The van der Waals surface area contributed by atoms with Crippen LogP contribution in [-0.2, 0) is 17.9 Å². The third-order valence-corrected chi connectivity index (χ3v) is 4.96. The van der Waals surface area contributed by atoms with Gasteiger partial charge in [-0.1, -0.05) is 6.58 Å². The number of carbonyl (C=O) groups excluding carboxylic acids is 1. The minimum absolute atomic E-state index is 0.251. The molecule has 0 fully saturated rings. The Balaban J connectivity index is 1.66. The molecule has 1 aromatic carbocycles. The van der Waals surface area contributed by atoms with E-state index in [-0.39, 0.29) is 18.3 Å². The molecule has 0 aliphatic carbocycles. The van der Waals surface area contributed by atoms with Crippen molar-refractivity contribution in [1.29, 1.82) is 5.26 Å². The first-order chi connectivity index (χ1) is 16.1. The summed E-state index contributed by atoms with van der Waals surface area (Å²) in [5.41, 5.74) is 4.95. The van der Waals surface area contributed by atoms with Crippen LogP contribution in [0.3, 0.4) is 0 Å². The summed E-state index contributed by atoms with van der Waals surface area (Å²) < 4.78 is 15.1. The van der Waals surface area contributed by atoms with Crippen LogP contribution in [0.4, 0.5) is 4.39 Å². The van der Waals surface area contributed by atoms with Gasteiger partial charge in [0.15, 0.2) is 0 Å². The van der Waals surface area contributed by atoms with E-state index < -0.39 is 0 Å². The lowest BCUT2D eigenvalue weighted by Crippen LogP contribution is -2.20. The van der Waals surface area contributed by atoms with Gasteiger partial charge < -0.3 is 5.32 Å². The zero-order valence-electron chi connectivity index (χ0n) is 17.6. The van der Waals surface area contributed by atoms with Crippen LogP contribution in [0.2, 0.25) is 0 Å². The first kappa shape index (κ1) is 21.6. The number of amides is 1. The Labute approximate surface area is 189 Å². The molecule has 33 heavy (non-hydrogen) atoms. The highest BCUT2D eigenvalue weighted by molar-refractivity contribution is 5.87. The summed E-state index contributed by atoms with van der Waals surface area (Å²) in [5.74, 6) is -0.612. The highest BCUT2D eigenvalue weighted by Crippen LogP contribution is 2.27. The molecule has 0 unspecified atom stereocenters. The van der Waals surface area contributed by atoms with Crippen molar-refractivity contribution in [2.75, 3.05) is 0 Å². The number of aromatic nitrogens is 4. The molecule has 0 aliphatic rings. The average Bonchev–Trinajstić information content (AvgIpc) is 3.31. The van der Waals surface area contributed by atoms with E-state index in [9.17, 15) is 9.18 Å². The summed E-state index contributed by atoms with van der Waals surface area (Å²) in [7, 11) is 0. The second-order valence-corrected chi connectivity index (χ2v) is 7.20. The summed E-state index contributed by atoms with van der Waals surface area (Å²) in [6, 6.07) is 15.4. The van der Waals surface area contributed by atoms with Crippen LogP contribution in [0.1, 0.15) is 16.8 Å². The fraction of sp³-hybridized carbons (Fsp3) is 0.0800. The van der Waals surface area contributed by atoms with Crippen LogP contribution in [0, 0.1) is 17.1 Å². The smallest absolute Gasteiger partial charge is 0.243 e. The molecule has 3 aromatic heterocycles. The SMILES string of the molecule is C=CC(=O)NCc1cnc(-c2ccc(F)cc2)cc1-c1ccn(Cc2ccc(C#N)cn2)n1. The molecule has 1 N–H and O–H groups in total. The van der Waals surface area contributed by atoms with Gasteiger partial charge >= 0.3 is 0 Å². The lowest BCUT2D eigenvalue weighted by atomic mass is 10.0. The second kappa shape index (κ2) is 9.66. The van der Waals surface area contributed by atoms with Gasteiger partial charge in [-0.25, -0.2) is 4.39 Å². The minimum atomic E-state index is -0.321. The van der Waals surface area contributed by atoms with Crippen molar-refractivity contribution in [2.45, 2.75) is 13.1 Å². The van der Waals surface area contributed by atoms with Crippen LogP contribution < -0.4 is 5.32 Å². The Morgan fingerprint density at radius 3 is 2.64 bits per heavy atom. The van der Waals surface area contributed by atoms with Gasteiger partial charge in [0.05, 0.1) is 29.2 Å². The van der Waals surface area contributed by atoms with E-state index in [4.69, 9.17) is 5.26 Å². The monoisotopic (exact) mass is 438 g/mol. The molecule has 0 spiro atoms. The van der Waals surface area contributed by atoms with E-state index in [0.717, 1.165) is 22.4 Å². The van der Waals surface area contributed by atoms with E-state index in [1.165, 1.54) is 24.4 Å². The molecular weight excluding hydrogens is 419 g/mol. The largest absolute Gasteiger partial charge is 0.348 e. The van der Waals surface area contributed by atoms with Gasteiger partial charge in [0.1, 0.15) is 11.9 Å². The summed E-state index contributed by atoms with van der Waals surface area (Å²) >= 11 is 0. The average molecular weight is 438 g/mol. The maximum absolute atomic E-state index is 13.3. The van der Waals surface area contributed by atoms with E-state index in [0.29, 0.717) is 23.5 Å². The number of benzene rings is 1. The van der Waals surface area contributed by atoms with Crippen molar-refractivity contribution >= 4 is 5.91 Å². The van der Waals surface area contributed by atoms with Crippen molar-refractivity contribution in [3.05, 3.63) is 102 Å². The zero-order valence-corrected chi connectivity index (χ0v) is 17.6. The number of nitrogens with one attached hydrogen (secondary N) is 1. The zero-order chi connectivity index (χ0) is 23.2. The van der Waals surface area contributed by atoms with Crippen molar-refractivity contribution in [2.24, 2.45) is 0 Å². The molecule has 0 saturated carbocycles. The van der Waals surface area contributed by atoms with E-state index in [2.05, 4.69) is 27.0 Å². The number of rotatable bonds is 7. The van der Waals surface area contributed by atoms with Crippen molar-refractivity contribution < 1.29 is 9.18 Å². The van der Waals surface area contributed by atoms with Gasteiger partial charge in [-0.05, 0) is 60.2 Å². The molecule has 8 heteroatoms. The molecule has 7 nitrogen and oxygen atoms in total. The number of nitrogens with zero attached hydrogens (tertiary/aromatic N) is 5. The summed E-state index contributed by atoms with van der Waals surface area (Å²) in [6.07, 6.45) is 6.25. The number of hydrogen-bond acceptors (Lipinski definition) is 5. The summed E-state index contributed by atoms with van der Waals surface area (Å²) in [5, 5.41) is 16.4. The lowest BCUT2D eigenvalue weighted by Gasteiger charge is -2.11. The molecule has 0 saturated heterocycles. The van der Waals surface area contributed by atoms with Crippen LogP contribution in [0.15, 0.2) is 79.8 Å². The Kier molecular flexibility index (Phi) is 6.32. The summed E-state index contributed by atoms with van der Waals surface area (Å²) in [6.45, 7) is 4.16. The molecule has 3 heterocycles. The Bertz CT molecular complexity index is 1340. The van der Waals surface area contributed by atoms with Crippen molar-refractivity contribution in [1.82, 2.24) is 25.1 Å². The quantitative estimate of drug-likeness (QED) is 0.442. The fourth-order valence-electron chi connectivity index (χ4n) is 3.24. The Hall–Kier alpha value is -4.64. The molecule has 0 aliphatic heterocycles. The third kappa shape index (κ3) is 5.17. The molecular formula is C25H19FN6O. The molecule has 162 valence electrons.